The van der Waals surface area contributed by atoms with Crippen LogP contribution in [0.1, 0.15) is 13.8 Å². The number of carbonyl (C=O) groups is 3. The van der Waals surface area contributed by atoms with Crippen molar-refractivity contribution >= 4 is 41.7 Å². The quantitative estimate of drug-likeness (QED) is 0.567. The van der Waals surface area contributed by atoms with E-state index < -0.39 is 11.9 Å². The second kappa shape index (κ2) is 6.43. The van der Waals surface area contributed by atoms with Gasteiger partial charge in [-0.25, -0.2) is 4.79 Å². The molecular weight excluding hydrogens is 306 g/mol. The number of hydrogen-bond acceptors (Lipinski definition) is 6. The van der Waals surface area contributed by atoms with Crippen molar-refractivity contribution in [3.8, 4) is 0 Å². The van der Waals surface area contributed by atoms with Crippen LogP contribution in [0.25, 0.3) is 0 Å². The van der Waals surface area contributed by atoms with Crippen molar-refractivity contribution in [1.82, 2.24) is 4.90 Å². The highest BCUT2D eigenvalue weighted by Crippen LogP contribution is 2.34. The zero-order valence-electron chi connectivity index (χ0n) is 13.0. The van der Waals surface area contributed by atoms with Gasteiger partial charge in [0.25, 0.3) is 5.84 Å². The van der Waals surface area contributed by atoms with Crippen LogP contribution in [0.5, 0.6) is 0 Å². The van der Waals surface area contributed by atoms with Crippen molar-refractivity contribution in [3.05, 3.63) is 10.5 Å². The van der Waals surface area contributed by atoms with E-state index in [-0.39, 0.29) is 17.6 Å². The number of dihydropyridines is 1. The number of rotatable bonds is 4. The number of fused-ring (bicyclic) bond motifs is 1. The highest BCUT2D eigenvalue weighted by Gasteiger charge is 2.47. The zero-order chi connectivity index (χ0) is 16.4. The minimum atomic E-state index is -0.642. The van der Waals surface area contributed by atoms with E-state index in [1.165, 1.54) is 23.4 Å². The third-order valence-corrected chi connectivity index (χ3v) is 4.69. The van der Waals surface area contributed by atoms with Crippen LogP contribution >= 0.6 is 11.8 Å². The maximum Gasteiger partial charge on any atom is 0.445 e. The fourth-order valence-corrected chi connectivity index (χ4v) is 3.31. The van der Waals surface area contributed by atoms with Crippen LogP contribution in [0.15, 0.2) is 15.5 Å². The highest BCUT2D eigenvalue weighted by atomic mass is 32.2. The number of carbonyl (C=O) groups excluding carboxylic acids is 3. The molecule has 0 radical (unpaired) electrons. The molecule has 8 heteroatoms. The Morgan fingerprint density at radius 1 is 1.50 bits per heavy atom. The molecule has 7 nitrogen and oxygen atoms in total. The molecule has 0 aromatic rings. The van der Waals surface area contributed by atoms with Crippen LogP contribution < -0.4 is 0 Å². The van der Waals surface area contributed by atoms with Crippen molar-refractivity contribution in [3.63, 3.8) is 0 Å². The number of aliphatic imine (C=N–C) groups is 1. The minimum absolute atomic E-state index is 0.118. The molecule has 2 aliphatic heterocycles. The largest absolute Gasteiger partial charge is 0.465 e. The monoisotopic (exact) mass is 324 g/mol. The average Bonchev–Trinajstić information content (AvgIpc) is 2.49. The number of esters is 1. The number of hydrogen-bond donors (Lipinski definition) is 0. The lowest BCUT2D eigenvalue weighted by Gasteiger charge is -2.27. The summed E-state index contributed by atoms with van der Waals surface area (Å²) in [7, 11) is 3.03. The predicted octanol–water partition coefficient (Wildman–Crippen LogP) is 0.890. The maximum atomic E-state index is 12.5. The predicted molar refractivity (Wildman–Crippen MR) is 83.1 cm³/mol. The van der Waals surface area contributed by atoms with E-state index in [4.69, 9.17) is 4.74 Å². The van der Waals surface area contributed by atoms with Gasteiger partial charge < -0.3 is 4.74 Å². The Bertz CT molecular complexity index is 636. The van der Waals surface area contributed by atoms with E-state index in [2.05, 4.69) is 4.99 Å². The lowest BCUT2D eigenvalue weighted by Crippen LogP contribution is -2.52. The molecule has 0 aliphatic carbocycles. The molecule has 0 N–H and O–H groups in total. The molecule has 1 unspecified atom stereocenters. The van der Waals surface area contributed by atoms with Crippen LogP contribution in [-0.2, 0) is 14.3 Å². The van der Waals surface area contributed by atoms with Gasteiger partial charge in [0.2, 0.25) is 0 Å². The smallest absolute Gasteiger partial charge is 0.445 e. The first-order valence-electron chi connectivity index (χ1n) is 6.83. The molecule has 0 spiro atoms. The van der Waals surface area contributed by atoms with Crippen LogP contribution in [0.3, 0.4) is 0 Å². The number of amides is 3. The first-order valence-corrected chi connectivity index (χ1v) is 7.82. The summed E-state index contributed by atoms with van der Waals surface area (Å²) in [4.78, 5) is 42.0. The number of nitrogens with zero attached hydrogens (tertiary/aromatic N) is 3. The summed E-state index contributed by atoms with van der Waals surface area (Å²) in [6, 6.07) is -0.414. The summed E-state index contributed by atoms with van der Waals surface area (Å²) in [6.45, 7) is 3.89. The third-order valence-electron chi connectivity index (χ3n) is 3.45. The lowest BCUT2D eigenvalue weighted by molar-refractivity contribution is -0.407. The van der Waals surface area contributed by atoms with Gasteiger partial charge in [-0.2, -0.15) is 9.48 Å². The molecule has 118 valence electrons. The number of thioether (sulfide) groups is 1. The molecule has 1 atom stereocenters. The van der Waals surface area contributed by atoms with Gasteiger partial charge >= 0.3 is 17.9 Å². The van der Waals surface area contributed by atoms with Gasteiger partial charge in [0.05, 0.1) is 26.5 Å². The van der Waals surface area contributed by atoms with Crippen molar-refractivity contribution in [2.75, 3.05) is 26.5 Å². The SMILES string of the molecule is CCOC(=O)CSC1=C(C)C=NC2=[N+](C)C(=O)N(C)C(=O)C12. The summed E-state index contributed by atoms with van der Waals surface area (Å²) >= 11 is 1.26. The molecule has 2 heterocycles. The molecule has 0 saturated carbocycles. The van der Waals surface area contributed by atoms with Crippen molar-refractivity contribution in [2.45, 2.75) is 13.8 Å². The van der Waals surface area contributed by atoms with E-state index >= 15 is 0 Å². The van der Waals surface area contributed by atoms with Crippen molar-refractivity contribution in [2.24, 2.45) is 10.9 Å². The maximum absolute atomic E-state index is 12.5. The number of imide groups is 1. The highest BCUT2D eigenvalue weighted by molar-refractivity contribution is 8.03. The summed E-state index contributed by atoms with van der Waals surface area (Å²) in [5.74, 6) is -0.798. The van der Waals surface area contributed by atoms with E-state index in [1.807, 2.05) is 6.92 Å². The Kier molecular flexibility index (Phi) is 4.80. The van der Waals surface area contributed by atoms with Gasteiger partial charge in [-0.05, 0) is 19.4 Å². The number of ether oxygens (including phenoxy) is 1. The van der Waals surface area contributed by atoms with Gasteiger partial charge in [-0.1, -0.05) is 0 Å². The molecule has 2 aliphatic rings. The molecular formula is C14H18N3O4S+. The second-order valence-electron chi connectivity index (χ2n) is 4.93. The van der Waals surface area contributed by atoms with E-state index in [0.29, 0.717) is 12.4 Å². The van der Waals surface area contributed by atoms with Crippen LogP contribution in [0.2, 0.25) is 0 Å². The van der Waals surface area contributed by atoms with Crippen LogP contribution in [0, 0.1) is 5.92 Å². The Balaban J connectivity index is 2.33. The average molecular weight is 324 g/mol. The topological polar surface area (TPSA) is 79.0 Å². The Labute approximate surface area is 132 Å². The van der Waals surface area contributed by atoms with Crippen molar-refractivity contribution in [1.29, 1.82) is 0 Å². The fraction of sp³-hybridized carbons (Fsp3) is 0.500. The number of urea groups is 1. The Hall–Kier alpha value is -1.96. The first-order chi connectivity index (χ1) is 10.4. The number of amidine groups is 1. The summed E-state index contributed by atoms with van der Waals surface area (Å²) in [5.41, 5.74) is 0.813. The van der Waals surface area contributed by atoms with E-state index in [1.54, 1.807) is 20.2 Å². The van der Waals surface area contributed by atoms with Gasteiger partial charge in [0, 0.05) is 4.91 Å². The second-order valence-corrected chi connectivity index (χ2v) is 5.95. The standard InChI is InChI=1S/C14H18N3O4S/c1-5-21-9(18)7-22-11-8(2)6-15-12-10(11)13(19)17(4)14(20)16(12)3/h6,10H,5,7H2,1-4H3/q+1. The molecule has 3 amide bonds. The van der Waals surface area contributed by atoms with Crippen LogP contribution in [0.4, 0.5) is 4.79 Å². The molecule has 2 rings (SSSR count). The molecule has 22 heavy (non-hydrogen) atoms. The molecule has 0 bridgehead atoms. The zero-order valence-corrected chi connectivity index (χ0v) is 13.8. The molecule has 0 saturated heterocycles. The third kappa shape index (κ3) is 2.83. The Morgan fingerprint density at radius 2 is 2.18 bits per heavy atom. The number of allylic oxidation sites excluding steroid dienone is 1. The minimum Gasteiger partial charge on any atom is -0.465 e. The van der Waals surface area contributed by atoms with Gasteiger partial charge in [0.1, 0.15) is 6.21 Å². The summed E-state index contributed by atoms with van der Waals surface area (Å²) in [5, 5.41) is 0. The van der Waals surface area contributed by atoms with E-state index in [0.717, 1.165) is 15.4 Å². The lowest BCUT2D eigenvalue weighted by atomic mass is 9.99. The summed E-state index contributed by atoms with van der Waals surface area (Å²) in [6.07, 6.45) is 1.61. The van der Waals surface area contributed by atoms with Gasteiger partial charge in [-0.15, -0.1) is 16.8 Å². The first kappa shape index (κ1) is 16.4. The van der Waals surface area contributed by atoms with Gasteiger partial charge in [0.15, 0.2) is 5.92 Å². The molecule has 0 fully saturated rings. The van der Waals surface area contributed by atoms with Crippen LogP contribution in [-0.4, -0.2) is 65.9 Å². The fourth-order valence-electron chi connectivity index (χ4n) is 2.30. The normalized spacial score (nSPS) is 21.5. The summed E-state index contributed by atoms with van der Waals surface area (Å²) < 4.78 is 6.27. The van der Waals surface area contributed by atoms with Gasteiger partial charge in [-0.3, -0.25) is 9.59 Å². The van der Waals surface area contributed by atoms with E-state index in [9.17, 15) is 14.4 Å². The van der Waals surface area contributed by atoms with Crippen molar-refractivity contribution < 1.29 is 23.7 Å². The Morgan fingerprint density at radius 3 is 2.82 bits per heavy atom. The molecule has 0 aromatic heterocycles. The molecule has 0 aromatic carbocycles.